The van der Waals surface area contributed by atoms with Crippen molar-refractivity contribution in [3.8, 4) is 0 Å². The first-order chi connectivity index (χ1) is 10.5. The third kappa shape index (κ3) is 2.20. The molecule has 0 saturated heterocycles. The Morgan fingerprint density at radius 2 is 2.18 bits per heavy atom. The van der Waals surface area contributed by atoms with E-state index >= 15 is 0 Å². The number of ether oxygens (including phenoxy) is 1. The Hall–Kier alpha value is -2.21. The molecule has 2 aromatic heterocycles. The van der Waals surface area contributed by atoms with Crippen molar-refractivity contribution in [3.05, 3.63) is 50.9 Å². The number of fused-ring (bicyclic) bond motifs is 3. The molecule has 0 amide bonds. The van der Waals surface area contributed by atoms with Gasteiger partial charge in [0.25, 0.3) is 0 Å². The molecular formula is C16H13BrN2O3. The second-order valence-corrected chi connectivity index (χ2v) is 5.71. The number of aryl methyl sites for hydroxylation is 1. The molecule has 3 aromatic rings. The molecule has 0 atom stereocenters. The zero-order chi connectivity index (χ0) is 15.9. The number of hydrogen-bond donors (Lipinski definition) is 0. The van der Waals surface area contributed by atoms with Gasteiger partial charge < -0.3 is 9.30 Å². The molecular weight excluding hydrogens is 348 g/mol. The van der Waals surface area contributed by atoms with E-state index in [2.05, 4.69) is 20.9 Å². The van der Waals surface area contributed by atoms with Crippen LogP contribution >= 0.6 is 15.9 Å². The molecule has 3 rings (SSSR count). The lowest BCUT2D eigenvalue weighted by molar-refractivity contribution is 0.0524. The fourth-order valence-electron chi connectivity index (χ4n) is 2.53. The molecule has 0 aliphatic heterocycles. The molecule has 0 spiro atoms. The Bertz CT molecular complexity index is 963. The average molecular weight is 361 g/mol. The SMILES string of the molecule is CCOC(=O)c1cn(C)c2c(cc(Br)c3cccnc32)c1=O. The predicted molar refractivity (Wildman–Crippen MR) is 88.1 cm³/mol. The molecule has 5 nitrogen and oxygen atoms in total. The first kappa shape index (κ1) is 14.7. The molecule has 0 fully saturated rings. The van der Waals surface area contributed by atoms with E-state index in [0.29, 0.717) is 16.4 Å². The number of hydrogen-bond acceptors (Lipinski definition) is 4. The Morgan fingerprint density at radius 3 is 2.91 bits per heavy atom. The van der Waals surface area contributed by atoms with Gasteiger partial charge in [-0.25, -0.2) is 4.79 Å². The minimum atomic E-state index is -0.609. The number of benzene rings is 1. The predicted octanol–water partition coefficient (Wildman–Crippen LogP) is 3.03. The molecule has 0 N–H and O–H groups in total. The smallest absolute Gasteiger partial charge is 0.343 e. The van der Waals surface area contributed by atoms with Gasteiger partial charge in [-0.3, -0.25) is 9.78 Å². The summed E-state index contributed by atoms with van der Waals surface area (Å²) in [5.41, 5.74) is 1.08. The van der Waals surface area contributed by atoms with Crippen LogP contribution in [-0.4, -0.2) is 22.1 Å². The van der Waals surface area contributed by atoms with Crippen molar-refractivity contribution in [3.63, 3.8) is 0 Å². The summed E-state index contributed by atoms with van der Waals surface area (Å²) in [5, 5.41) is 1.35. The zero-order valence-corrected chi connectivity index (χ0v) is 13.7. The maximum atomic E-state index is 12.6. The highest BCUT2D eigenvalue weighted by atomic mass is 79.9. The summed E-state index contributed by atoms with van der Waals surface area (Å²) in [6.07, 6.45) is 3.18. The summed E-state index contributed by atoms with van der Waals surface area (Å²) in [5.74, 6) is -0.609. The van der Waals surface area contributed by atoms with E-state index in [4.69, 9.17) is 4.74 Å². The summed E-state index contributed by atoms with van der Waals surface area (Å²) in [7, 11) is 1.78. The van der Waals surface area contributed by atoms with E-state index in [1.165, 1.54) is 6.20 Å². The van der Waals surface area contributed by atoms with Gasteiger partial charge in [-0.05, 0) is 19.1 Å². The minimum absolute atomic E-state index is 0.0269. The highest BCUT2D eigenvalue weighted by Crippen LogP contribution is 2.29. The number of rotatable bonds is 2. The fraction of sp³-hybridized carbons (Fsp3) is 0.188. The van der Waals surface area contributed by atoms with E-state index in [1.54, 1.807) is 30.8 Å². The Morgan fingerprint density at radius 1 is 1.41 bits per heavy atom. The van der Waals surface area contributed by atoms with Crippen LogP contribution < -0.4 is 5.43 Å². The standard InChI is InChI=1S/C16H13BrN2O3/c1-3-22-16(21)11-8-19(2)14-10(15(11)20)7-12(17)9-5-4-6-18-13(9)14/h4-8H,3H2,1-2H3. The van der Waals surface area contributed by atoms with E-state index in [9.17, 15) is 9.59 Å². The van der Waals surface area contributed by atoms with E-state index in [1.807, 2.05) is 12.1 Å². The maximum absolute atomic E-state index is 12.6. The van der Waals surface area contributed by atoms with E-state index in [0.717, 1.165) is 9.86 Å². The quantitative estimate of drug-likeness (QED) is 0.520. The fourth-order valence-corrected chi connectivity index (χ4v) is 3.08. The molecule has 0 unspecified atom stereocenters. The Balaban J connectivity index is 2.46. The Labute approximate surface area is 134 Å². The topological polar surface area (TPSA) is 61.2 Å². The Kier molecular flexibility index (Phi) is 3.70. The van der Waals surface area contributed by atoms with Crippen LogP contribution in [0.3, 0.4) is 0 Å². The molecule has 0 aliphatic carbocycles. The largest absolute Gasteiger partial charge is 0.462 e. The van der Waals surface area contributed by atoms with Gasteiger partial charge in [-0.15, -0.1) is 0 Å². The van der Waals surface area contributed by atoms with Crippen molar-refractivity contribution < 1.29 is 9.53 Å². The molecule has 1 aromatic carbocycles. The van der Waals surface area contributed by atoms with Crippen molar-refractivity contribution >= 4 is 43.7 Å². The molecule has 0 radical (unpaired) electrons. The number of carbonyl (C=O) groups excluding carboxylic acids is 1. The second-order valence-electron chi connectivity index (χ2n) is 4.86. The molecule has 112 valence electrons. The number of esters is 1. The van der Waals surface area contributed by atoms with Crippen LogP contribution in [0.1, 0.15) is 17.3 Å². The van der Waals surface area contributed by atoms with Crippen LogP contribution in [0.5, 0.6) is 0 Å². The van der Waals surface area contributed by atoms with Gasteiger partial charge in [-0.1, -0.05) is 22.0 Å². The first-order valence-corrected chi connectivity index (χ1v) is 7.57. The van der Waals surface area contributed by atoms with Gasteiger partial charge >= 0.3 is 5.97 Å². The maximum Gasteiger partial charge on any atom is 0.343 e. The number of pyridine rings is 2. The van der Waals surface area contributed by atoms with Gasteiger partial charge in [0.1, 0.15) is 5.56 Å². The lowest BCUT2D eigenvalue weighted by atomic mass is 10.1. The number of halogens is 1. The summed E-state index contributed by atoms with van der Waals surface area (Å²) in [6.45, 7) is 1.93. The van der Waals surface area contributed by atoms with Gasteiger partial charge in [0.2, 0.25) is 5.43 Å². The van der Waals surface area contributed by atoms with Crippen molar-refractivity contribution in [1.82, 2.24) is 9.55 Å². The monoisotopic (exact) mass is 360 g/mol. The zero-order valence-electron chi connectivity index (χ0n) is 12.1. The highest BCUT2D eigenvalue weighted by molar-refractivity contribution is 9.10. The average Bonchev–Trinajstić information content (AvgIpc) is 2.51. The van der Waals surface area contributed by atoms with Crippen molar-refractivity contribution in [2.24, 2.45) is 7.05 Å². The van der Waals surface area contributed by atoms with Crippen LogP contribution in [0.2, 0.25) is 0 Å². The molecule has 0 aliphatic rings. The van der Waals surface area contributed by atoms with Crippen molar-refractivity contribution in [1.29, 1.82) is 0 Å². The van der Waals surface area contributed by atoms with Crippen LogP contribution in [0.4, 0.5) is 0 Å². The lowest BCUT2D eigenvalue weighted by Gasteiger charge is -2.11. The minimum Gasteiger partial charge on any atom is -0.462 e. The first-order valence-electron chi connectivity index (χ1n) is 6.78. The summed E-state index contributed by atoms with van der Waals surface area (Å²) >= 11 is 3.46. The second kappa shape index (κ2) is 5.53. The van der Waals surface area contributed by atoms with Crippen LogP contribution in [0.25, 0.3) is 21.8 Å². The molecule has 6 heteroatoms. The molecule has 2 heterocycles. The lowest BCUT2D eigenvalue weighted by Crippen LogP contribution is -2.20. The van der Waals surface area contributed by atoms with Gasteiger partial charge in [-0.2, -0.15) is 0 Å². The van der Waals surface area contributed by atoms with Crippen LogP contribution in [0.15, 0.2) is 39.9 Å². The summed E-state index contributed by atoms with van der Waals surface area (Å²) in [6, 6.07) is 5.49. The normalized spacial score (nSPS) is 11.0. The number of carbonyl (C=O) groups is 1. The van der Waals surface area contributed by atoms with Crippen LogP contribution in [0, 0.1) is 0 Å². The third-order valence-electron chi connectivity index (χ3n) is 3.48. The van der Waals surface area contributed by atoms with Crippen molar-refractivity contribution in [2.45, 2.75) is 6.92 Å². The van der Waals surface area contributed by atoms with Crippen molar-refractivity contribution in [2.75, 3.05) is 6.61 Å². The molecule has 22 heavy (non-hydrogen) atoms. The molecule has 0 saturated carbocycles. The van der Waals surface area contributed by atoms with E-state index in [-0.39, 0.29) is 17.6 Å². The summed E-state index contributed by atoms with van der Waals surface area (Å²) in [4.78, 5) is 29.0. The summed E-state index contributed by atoms with van der Waals surface area (Å²) < 4.78 is 7.46. The highest BCUT2D eigenvalue weighted by Gasteiger charge is 2.18. The van der Waals surface area contributed by atoms with Gasteiger partial charge in [0, 0.05) is 34.7 Å². The van der Waals surface area contributed by atoms with Gasteiger partial charge in [0.15, 0.2) is 0 Å². The number of nitrogens with zero attached hydrogens (tertiary/aromatic N) is 2. The van der Waals surface area contributed by atoms with Gasteiger partial charge in [0.05, 0.1) is 17.6 Å². The third-order valence-corrected chi connectivity index (χ3v) is 4.13. The number of aromatic nitrogens is 2. The molecule has 0 bridgehead atoms. The van der Waals surface area contributed by atoms with Crippen LogP contribution in [-0.2, 0) is 11.8 Å². The van der Waals surface area contributed by atoms with E-state index < -0.39 is 5.97 Å².